The van der Waals surface area contributed by atoms with E-state index in [4.69, 9.17) is 11.6 Å². The molecule has 20 heavy (non-hydrogen) atoms. The molecule has 0 bridgehead atoms. The van der Waals surface area contributed by atoms with Crippen LogP contribution in [0.25, 0.3) is 0 Å². The van der Waals surface area contributed by atoms with Gasteiger partial charge in [-0.15, -0.1) is 0 Å². The summed E-state index contributed by atoms with van der Waals surface area (Å²) >= 11 is 5.85. The van der Waals surface area contributed by atoms with Crippen LogP contribution in [0.4, 0.5) is 11.5 Å². The van der Waals surface area contributed by atoms with E-state index >= 15 is 0 Å². The van der Waals surface area contributed by atoms with Crippen LogP contribution < -0.4 is 10.3 Å². The number of hydrogen-bond acceptors (Lipinski definition) is 5. The Morgan fingerprint density at radius 3 is 2.50 bits per heavy atom. The van der Waals surface area contributed by atoms with Crippen LogP contribution in [-0.4, -0.2) is 30.3 Å². The zero-order valence-corrected chi connectivity index (χ0v) is 12.4. The largest absolute Gasteiger partial charge is 0.378 e. The predicted octanol–water partition coefficient (Wildman–Crippen LogP) is 2.95. The molecule has 1 aromatic carbocycles. The minimum atomic E-state index is 0.394. The second-order valence-electron chi connectivity index (χ2n) is 4.48. The molecule has 0 saturated heterocycles. The fraction of sp³-hybridized carbons (Fsp3) is 0.214. The molecule has 0 unspecified atom stereocenters. The summed E-state index contributed by atoms with van der Waals surface area (Å²) < 4.78 is 0. The minimum absolute atomic E-state index is 0.394. The van der Waals surface area contributed by atoms with Crippen molar-refractivity contribution in [2.24, 2.45) is 5.10 Å². The Hall–Kier alpha value is -2.14. The highest BCUT2D eigenvalue weighted by Gasteiger charge is 1.98. The van der Waals surface area contributed by atoms with Gasteiger partial charge in [-0.05, 0) is 24.6 Å². The summed E-state index contributed by atoms with van der Waals surface area (Å²) in [6, 6.07) is 9.69. The maximum Gasteiger partial charge on any atom is 0.151 e. The lowest BCUT2D eigenvalue weighted by molar-refractivity contribution is 1.04. The first kappa shape index (κ1) is 14.3. The second-order valence-corrected chi connectivity index (χ2v) is 4.87. The van der Waals surface area contributed by atoms with Crippen molar-refractivity contribution in [3.05, 3.63) is 46.9 Å². The van der Waals surface area contributed by atoms with Gasteiger partial charge in [0.25, 0.3) is 0 Å². The van der Waals surface area contributed by atoms with Crippen molar-refractivity contribution in [1.29, 1.82) is 0 Å². The lowest BCUT2D eigenvalue weighted by Crippen LogP contribution is -2.08. The highest BCUT2D eigenvalue weighted by molar-refractivity contribution is 6.29. The molecule has 5 nitrogen and oxygen atoms in total. The van der Waals surface area contributed by atoms with Crippen molar-refractivity contribution in [2.45, 2.75) is 6.92 Å². The number of nitrogens with zero attached hydrogens (tertiary/aromatic N) is 4. The molecule has 1 aromatic heterocycles. The average molecular weight is 290 g/mol. The van der Waals surface area contributed by atoms with Crippen LogP contribution in [-0.2, 0) is 0 Å². The molecule has 2 rings (SSSR count). The van der Waals surface area contributed by atoms with Gasteiger partial charge in [-0.1, -0.05) is 23.7 Å². The van der Waals surface area contributed by atoms with E-state index in [-0.39, 0.29) is 0 Å². The van der Waals surface area contributed by atoms with E-state index in [9.17, 15) is 0 Å². The number of rotatable bonds is 4. The first-order valence-corrected chi connectivity index (χ1v) is 6.50. The maximum absolute atomic E-state index is 5.85. The van der Waals surface area contributed by atoms with Crippen LogP contribution >= 0.6 is 11.6 Å². The van der Waals surface area contributed by atoms with E-state index in [2.05, 4.69) is 20.5 Å². The zero-order chi connectivity index (χ0) is 14.5. The van der Waals surface area contributed by atoms with E-state index in [1.165, 1.54) is 0 Å². The number of benzene rings is 1. The molecule has 2 aromatic rings. The lowest BCUT2D eigenvalue weighted by atomic mass is 10.2. The number of anilines is 2. The Bertz CT molecular complexity index is 587. The molecular formula is C14H16ClN5. The summed E-state index contributed by atoms with van der Waals surface area (Å²) in [6.45, 7) is 1.78. The summed E-state index contributed by atoms with van der Waals surface area (Å²) in [7, 11) is 4.01. The van der Waals surface area contributed by atoms with E-state index in [1.807, 2.05) is 43.3 Å². The lowest BCUT2D eigenvalue weighted by Gasteiger charge is -2.11. The monoisotopic (exact) mass is 289 g/mol. The Labute approximate surface area is 123 Å². The third-order valence-electron chi connectivity index (χ3n) is 2.61. The Balaban J connectivity index is 2.02. The van der Waals surface area contributed by atoms with Crippen LogP contribution in [0.5, 0.6) is 0 Å². The van der Waals surface area contributed by atoms with Crippen LogP contribution in [0.3, 0.4) is 0 Å². The van der Waals surface area contributed by atoms with Gasteiger partial charge in [0.1, 0.15) is 11.0 Å². The predicted molar refractivity (Wildman–Crippen MR) is 83.8 cm³/mol. The molecule has 0 saturated carbocycles. The Kier molecular flexibility index (Phi) is 4.53. The highest BCUT2D eigenvalue weighted by Crippen LogP contribution is 2.12. The van der Waals surface area contributed by atoms with Gasteiger partial charge in [-0.25, -0.2) is 9.97 Å². The molecule has 0 amide bonds. The molecule has 0 aliphatic heterocycles. The van der Waals surface area contributed by atoms with Crippen molar-refractivity contribution < 1.29 is 0 Å². The molecule has 0 fully saturated rings. The van der Waals surface area contributed by atoms with Gasteiger partial charge in [-0.2, -0.15) is 5.10 Å². The van der Waals surface area contributed by atoms with E-state index in [0.29, 0.717) is 16.8 Å². The summed E-state index contributed by atoms with van der Waals surface area (Å²) in [5.74, 6) is 1.18. The average Bonchev–Trinajstić information content (AvgIpc) is 2.38. The van der Waals surface area contributed by atoms with Gasteiger partial charge in [0.15, 0.2) is 5.82 Å². The third-order valence-corrected chi connectivity index (χ3v) is 2.80. The van der Waals surface area contributed by atoms with Crippen molar-refractivity contribution in [1.82, 2.24) is 9.97 Å². The van der Waals surface area contributed by atoms with Crippen molar-refractivity contribution in [3.63, 3.8) is 0 Å². The van der Waals surface area contributed by atoms with Crippen LogP contribution in [0.1, 0.15) is 11.4 Å². The third kappa shape index (κ3) is 3.93. The molecule has 6 heteroatoms. The van der Waals surface area contributed by atoms with Crippen LogP contribution in [0, 0.1) is 6.92 Å². The molecule has 0 radical (unpaired) electrons. The van der Waals surface area contributed by atoms with Gasteiger partial charge in [0.2, 0.25) is 0 Å². The Morgan fingerprint density at radius 1 is 1.20 bits per heavy atom. The maximum atomic E-state index is 5.85. The topological polar surface area (TPSA) is 53.4 Å². The van der Waals surface area contributed by atoms with Gasteiger partial charge in [0.05, 0.1) is 6.21 Å². The number of aromatic nitrogens is 2. The zero-order valence-electron chi connectivity index (χ0n) is 11.6. The fourth-order valence-corrected chi connectivity index (χ4v) is 1.85. The Morgan fingerprint density at radius 2 is 1.90 bits per heavy atom. The van der Waals surface area contributed by atoms with Crippen molar-refractivity contribution in [2.75, 3.05) is 24.4 Å². The van der Waals surface area contributed by atoms with Crippen molar-refractivity contribution >= 4 is 29.3 Å². The smallest absolute Gasteiger partial charge is 0.151 e. The molecule has 0 aliphatic carbocycles. The summed E-state index contributed by atoms with van der Waals surface area (Å²) in [5.41, 5.74) is 4.98. The normalized spacial score (nSPS) is 10.8. The number of halogens is 1. The minimum Gasteiger partial charge on any atom is -0.378 e. The molecule has 0 atom stereocenters. The number of hydrogen-bond donors (Lipinski definition) is 1. The van der Waals surface area contributed by atoms with Gasteiger partial charge in [0, 0.05) is 25.8 Å². The first-order chi connectivity index (χ1) is 9.54. The first-order valence-electron chi connectivity index (χ1n) is 6.12. The van der Waals surface area contributed by atoms with E-state index < -0.39 is 0 Å². The standard InChI is InChI=1S/C14H16ClN5/c1-10-17-13(15)8-14(18-10)19-16-9-11-4-6-12(7-5-11)20(2)3/h4-9H,1-3H3,(H,17,18,19). The number of aryl methyl sites for hydroxylation is 1. The van der Waals surface area contributed by atoms with Crippen LogP contribution in [0.2, 0.25) is 5.15 Å². The number of hydrazone groups is 1. The second kappa shape index (κ2) is 6.34. The van der Waals surface area contributed by atoms with Gasteiger partial charge >= 0.3 is 0 Å². The van der Waals surface area contributed by atoms with Gasteiger partial charge in [-0.3, -0.25) is 5.43 Å². The molecule has 1 N–H and O–H groups in total. The SMILES string of the molecule is Cc1nc(Cl)cc(NN=Cc2ccc(N(C)C)cc2)n1. The van der Waals surface area contributed by atoms with Gasteiger partial charge < -0.3 is 4.90 Å². The summed E-state index contributed by atoms with van der Waals surface area (Å²) in [5, 5.41) is 4.53. The van der Waals surface area contributed by atoms with Crippen molar-refractivity contribution in [3.8, 4) is 0 Å². The quantitative estimate of drug-likeness (QED) is 0.534. The molecular weight excluding hydrogens is 274 g/mol. The highest BCUT2D eigenvalue weighted by atomic mass is 35.5. The van der Waals surface area contributed by atoms with E-state index in [1.54, 1.807) is 19.2 Å². The van der Waals surface area contributed by atoms with E-state index in [0.717, 1.165) is 11.3 Å². The molecule has 104 valence electrons. The fourth-order valence-electron chi connectivity index (χ4n) is 1.62. The van der Waals surface area contributed by atoms with Crippen LogP contribution in [0.15, 0.2) is 35.4 Å². The molecule has 1 heterocycles. The summed E-state index contributed by atoms with van der Waals surface area (Å²) in [6.07, 6.45) is 1.73. The molecule has 0 aliphatic rings. The number of nitrogens with one attached hydrogen (secondary N) is 1. The molecule has 0 spiro atoms. The summed E-state index contributed by atoms with van der Waals surface area (Å²) in [4.78, 5) is 10.2.